The van der Waals surface area contributed by atoms with Crippen LogP contribution < -0.4 is 0 Å². The zero-order valence-electron chi connectivity index (χ0n) is 18.2. The van der Waals surface area contributed by atoms with Gasteiger partial charge in [0, 0.05) is 45.9 Å². The molecule has 2 unspecified atom stereocenters. The van der Waals surface area contributed by atoms with Gasteiger partial charge in [-0.05, 0) is 47.5 Å². The predicted molar refractivity (Wildman–Crippen MR) is 106 cm³/mol. The Morgan fingerprint density at radius 2 is 1.70 bits per heavy atom. The maximum Gasteiger partial charge on any atom is 0.0865 e. The molecule has 0 amide bonds. The zero-order valence-corrected chi connectivity index (χ0v) is 18.2. The first-order valence-corrected chi connectivity index (χ1v) is 10.6. The minimum atomic E-state index is -0.142. The van der Waals surface area contributed by atoms with Crippen molar-refractivity contribution >= 4 is 0 Å². The summed E-state index contributed by atoms with van der Waals surface area (Å²) in [6, 6.07) is 1.05. The van der Waals surface area contributed by atoms with E-state index in [0.29, 0.717) is 24.3 Å². The lowest BCUT2D eigenvalue weighted by Gasteiger charge is -2.53. The molecular formula is C21H40N2O4. The summed E-state index contributed by atoms with van der Waals surface area (Å²) in [5.41, 5.74) is -0.247. The monoisotopic (exact) mass is 384 g/mol. The second kappa shape index (κ2) is 8.64. The number of rotatable bonds is 10. The molecule has 3 rings (SSSR count). The van der Waals surface area contributed by atoms with Gasteiger partial charge in [-0.2, -0.15) is 0 Å². The average Bonchev–Trinajstić information content (AvgIpc) is 2.46. The first kappa shape index (κ1) is 21.5. The molecule has 3 heterocycles. The SMILES string of the molecule is COCCCN1CC(OC(C)(C)C)C1CC(C)(C)OC1CN(C2COC2)C1. The van der Waals surface area contributed by atoms with E-state index in [1.54, 1.807) is 7.11 Å². The largest absolute Gasteiger partial charge is 0.385 e. The minimum Gasteiger partial charge on any atom is -0.385 e. The molecule has 0 aliphatic carbocycles. The molecule has 3 aliphatic rings. The molecule has 3 fully saturated rings. The second-order valence-corrected chi connectivity index (χ2v) is 10.0. The molecule has 27 heavy (non-hydrogen) atoms. The average molecular weight is 385 g/mol. The number of hydrogen-bond acceptors (Lipinski definition) is 6. The van der Waals surface area contributed by atoms with Crippen molar-refractivity contribution in [3.05, 3.63) is 0 Å². The summed E-state index contributed by atoms with van der Waals surface area (Å²) in [6.07, 6.45) is 2.71. The van der Waals surface area contributed by atoms with Gasteiger partial charge in [0.25, 0.3) is 0 Å². The Bertz CT molecular complexity index is 469. The lowest BCUT2D eigenvalue weighted by atomic mass is 9.87. The molecule has 3 aliphatic heterocycles. The van der Waals surface area contributed by atoms with Crippen molar-refractivity contribution in [1.82, 2.24) is 9.80 Å². The van der Waals surface area contributed by atoms with Crippen LogP contribution in [0.1, 0.15) is 47.5 Å². The van der Waals surface area contributed by atoms with Crippen molar-refractivity contribution in [3.63, 3.8) is 0 Å². The summed E-state index contributed by atoms with van der Waals surface area (Å²) in [6.45, 7) is 17.7. The van der Waals surface area contributed by atoms with E-state index in [-0.39, 0.29) is 11.2 Å². The Hall–Kier alpha value is -0.240. The lowest BCUT2D eigenvalue weighted by molar-refractivity contribution is -0.202. The third-order valence-electron chi connectivity index (χ3n) is 5.81. The van der Waals surface area contributed by atoms with Gasteiger partial charge in [-0.15, -0.1) is 0 Å². The Balaban J connectivity index is 1.48. The topological polar surface area (TPSA) is 43.4 Å². The van der Waals surface area contributed by atoms with E-state index >= 15 is 0 Å². The Labute approximate surface area is 165 Å². The first-order valence-electron chi connectivity index (χ1n) is 10.6. The van der Waals surface area contributed by atoms with E-state index in [9.17, 15) is 0 Å². The predicted octanol–water partition coefficient (Wildman–Crippen LogP) is 2.16. The van der Waals surface area contributed by atoms with Crippen LogP contribution in [0.4, 0.5) is 0 Å². The number of ether oxygens (including phenoxy) is 4. The molecule has 2 atom stereocenters. The smallest absolute Gasteiger partial charge is 0.0865 e. The van der Waals surface area contributed by atoms with Gasteiger partial charge in [0.2, 0.25) is 0 Å². The summed E-state index contributed by atoms with van der Waals surface area (Å²) < 4.78 is 23.3. The fourth-order valence-corrected chi connectivity index (χ4v) is 4.36. The van der Waals surface area contributed by atoms with Crippen molar-refractivity contribution in [2.24, 2.45) is 0 Å². The lowest BCUT2D eigenvalue weighted by Crippen LogP contribution is -2.66. The van der Waals surface area contributed by atoms with Crippen LogP contribution in [0.3, 0.4) is 0 Å². The molecule has 0 spiro atoms. The van der Waals surface area contributed by atoms with E-state index in [2.05, 4.69) is 44.4 Å². The third-order valence-corrected chi connectivity index (χ3v) is 5.81. The van der Waals surface area contributed by atoms with E-state index in [1.165, 1.54) is 0 Å². The molecule has 6 heteroatoms. The van der Waals surface area contributed by atoms with E-state index in [4.69, 9.17) is 18.9 Å². The number of nitrogens with zero attached hydrogens (tertiary/aromatic N) is 2. The highest BCUT2D eigenvalue weighted by Gasteiger charge is 2.46. The normalized spacial score (nSPS) is 28.7. The Morgan fingerprint density at radius 1 is 1.00 bits per heavy atom. The first-order chi connectivity index (χ1) is 12.7. The molecule has 0 bridgehead atoms. The van der Waals surface area contributed by atoms with Gasteiger partial charge >= 0.3 is 0 Å². The molecule has 3 saturated heterocycles. The van der Waals surface area contributed by atoms with Gasteiger partial charge in [-0.3, -0.25) is 9.80 Å². The number of methoxy groups -OCH3 is 1. The standard InChI is InChI=1S/C21H40N2O4/c1-20(2,3)27-19-13-22(8-7-9-24-6)18(19)10-21(4,5)26-17-11-23(12-17)16-14-25-15-16/h16-19H,7-15H2,1-6H3. The molecule has 0 N–H and O–H groups in total. The maximum absolute atomic E-state index is 6.49. The van der Waals surface area contributed by atoms with E-state index in [0.717, 1.165) is 58.8 Å². The van der Waals surface area contributed by atoms with Crippen molar-refractivity contribution in [2.75, 3.05) is 53.1 Å². The molecule has 6 nitrogen and oxygen atoms in total. The summed E-state index contributed by atoms with van der Waals surface area (Å²) in [7, 11) is 1.77. The Kier molecular flexibility index (Phi) is 6.87. The number of likely N-dealkylation sites (tertiary alicyclic amines) is 2. The van der Waals surface area contributed by atoms with Gasteiger partial charge in [0.1, 0.15) is 0 Å². The highest BCUT2D eigenvalue weighted by Crippen LogP contribution is 2.34. The van der Waals surface area contributed by atoms with Crippen LogP contribution in [0.15, 0.2) is 0 Å². The summed E-state index contributed by atoms with van der Waals surface area (Å²) >= 11 is 0. The van der Waals surface area contributed by atoms with E-state index < -0.39 is 0 Å². The van der Waals surface area contributed by atoms with Crippen LogP contribution in [-0.2, 0) is 18.9 Å². The summed E-state index contributed by atoms with van der Waals surface area (Å²) in [4.78, 5) is 5.02. The molecule has 0 aromatic carbocycles. The Morgan fingerprint density at radius 3 is 2.26 bits per heavy atom. The zero-order chi connectivity index (χ0) is 19.7. The molecule has 158 valence electrons. The third kappa shape index (κ3) is 5.87. The molecule has 0 aromatic rings. The van der Waals surface area contributed by atoms with Gasteiger partial charge < -0.3 is 18.9 Å². The van der Waals surface area contributed by atoms with Crippen LogP contribution in [-0.4, -0.2) is 98.4 Å². The highest BCUT2D eigenvalue weighted by atomic mass is 16.5. The maximum atomic E-state index is 6.49. The van der Waals surface area contributed by atoms with Crippen molar-refractivity contribution in [2.45, 2.75) is 83.0 Å². The van der Waals surface area contributed by atoms with Gasteiger partial charge in [-0.1, -0.05) is 0 Å². The number of hydrogen-bond donors (Lipinski definition) is 0. The van der Waals surface area contributed by atoms with Crippen molar-refractivity contribution < 1.29 is 18.9 Å². The van der Waals surface area contributed by atoms with Crippen LogP contribution in [0.5, 0.6) is 0 Å². The van der Waals surface area contributed by atoms with Crippen LogP contribution in [0, 0.1) is 0 Å². The summed E-state index contributed by atoms with van der Waals surface area (Å²) in [5.74, 6) is 0. The quantitative estimate of drug-likeness (QED) is 0.538. The minimum absolute atomic E-state index is 0.105. The van der Waals surface area contributed by atoms with Crippen molar-refractivity contribution in [3.8, 4) is 0 Å². The van der Waals surface area contributed by atoms with Gasteiger partial charge in [0.05, 0.1) is 42.7 Å². The second-order valence-electron chi connectivity index (χ2n) is 10.0. The summed E-state index contributed by atoms with van der Waals surface area (Å²) in [5, 5.41) is 0. The molecule has 0 aromatic heterocycles. The van der Waals surface area contributed by atoms with E-state index in [1.807, 2.05) is 0 Å². The molecule has 0 radical (unpaired) electrons. The highest BCUT2D eigenvalue weighted by molar-refractivity contribution is 4.99. The van der Waals surface area contributed by atoms with Crippen molar-refractivity contribution in [1.29, 1.82) is 0 Å². The van der Waals surface area contributed by atoms with Crippen LogP contribution >= 0.6 is 0 Å². The van der Waals surface area contributed by atoms with Crippen LogP contribution in [0.2, 0.25) is 0 Å². The fraction of sp³-hybridized carbons (Fsp3) is 1.00. The fourth-order valence-electron chi connectivity index (χ4n) is 4.36. The van der Waals surface area contributed by atoms with Crippen LogP contribution in [0.25, 0.3) is 0 Å². The molecule has 0 saturated carbocycles. The van der Waals surface area contributed by atoms with Gasteiger partial charge in [-0.25, -0.2) is 0 Å². The van der Waals surface area contributed by atoms with Gasteiger partial charge in [0.15, 0.2) is 0 Å². The molecular weight excluding hydrogens is 344 g/mol.